The molecule has 13 heavy (non-hydrogen) atoms. The van der Waals surface area contributed by atoms with Gasteiger partial charge in [0.2, 0.25) is 5.91 Å². The van der Waals surface area contributed by atoms with Crippen molar-refractivity contribution < 1.29 is 4.79 Å². The highest BCUT2D eigenvalue weighted by atomic mass is 79.9. The van der Waals surface area contributed by atoms with Gasteiger partial charge in [0.1, 0.15) is 0 Å². The Morgan fingerprint density at radius 2 is 1.92 bits per heavy atom. The number of halogens is 1. The molecule has 0 bridgehead atoms. The molecule has 1 amide bonds. The van der Waals surface area contributed by atoms with E-state index in [9.17, 15) is 4.79 Å². The number of nitrogens with one attached hydrogen (secondary N) is 1. The zero-order valence-electron chi connectivity index (χ0n) is 7.67. The van der Waals surface area contributed by atoms with E-state index in [4.69, 9.17) is 0 Å². The first-order chi connectivity index (χ1) is 6.09. The van der Waals surface area contributed by atoms with Crippen LogP contribution in [0.25, 0.3) is 0 Å². The van der Waals surface area contributed by atoms with Gasteiger partial charge >= 0.3 is 0 Å². The Balaban J connectivity index is 2.71. The van der Waals surface area contributed by atoms with Gasteiger partial charge in [-0.25, -0.2) is 0 Å². The van der Waals surface area contributed by atoms with Crippen LogP contribution in [0.15, 0.2) is 28.7 Å². The average molecular weight is 242 g/mol. The molecule has 0 unspecified atom stereocenters. The lowest BCUT2D eigenvalue weighted by Crippen LogP contribution is -2.23. The fourth-order valence-corrected chi connectivity index (χ4v) is 1.40. The number of rotatable bonds is 2. The Morgan fingerprint density at radius 1 is 1.38 bits per heavy atom. The summed E-state index contributed by atoms with van der Waals surface area (Å²) in [7, 11) is 0. The van der Waals surface area contributed by atoms with E-state index in [0.717, 1.165) is 10.0 Å². The average Bonchev–Trinajstić information content (AvgIpc) is 2.04. The van der Waals surface area contributed by atoms with Crippen molar-refractivity contribution in [2.45, 2.75) is 19.9 Å². The quantitative estimate of drug-likeness (QED) is 0.848. The van der Waals surface area contributed by atoms with Crippen LogP contribution in [0.4, 0.5) is 0 Å². The third-order valence-corrected chi connectivity index (χ3v) is 2.32. The van der Waals surface area contributed by atoms with Gasteiger partial charge in [0.15, 0.2) is 0 Å². The van der Waals surface area contributed by atoms with E-state index >= 15 is 0 Å². The van der Waals surface area contributed by atoms with Crippen molar-refractivity contribution in [1.29, 1.82) is 0 Å². The highest BCUT2D eigenvalue weighted by Crippen LogP contribution is 2.16. The van der Waals surface area contributed by atoms with E-state index in [1.165, 1.54) is 6.92 Å². The fourth-order valence-electron chi connectivity index (χ4n) is 1.14. The first-order valence-electron chi connectivity index (χ1n) is 4.12. The van der Waals surface area contributed by atoms with Crippen LogP contribution in [0.5, 0.6) is 0 Å². The zero-order chi connectivity index (χ0) is 9.84. The van der Waals surface area contributed by atoms with Crippen LogP contribution in [0, 0.1) is 0 Å². The molecule has 1 aromatic carbocycles. The molecule has 1 atom stereocenters. The molecule has 3 heteroatoms. The van der Waals surface area contributed by atoms with Crippen molar-refractivity contribution in [3.8, 4) is 0 Å². The predicted octanol–water partition coefficient (Wildman–Crippen LogP) is 2.65. The van der Waals surface area contributed by atoms with Crippen LogP contribution in [0.3, 0.4) is 0 Å². The van der Waals surface area contributed by atoms with Crippen molar-refractivity contribution in [3.63, 3.8) is 0 Å². The lowest BCUT2D eigenvalue weighted by Gasteiger charge is -2.12. The number of benzene rings is 1. The minimum Gasteiger partial charge on any atom is -0.350 e. The van der Waals surface area contributed by atoms with Gasteiger partial charge in [-0.1, -0.05) is 28.1 Å². The van der Waals surface area contributed by atoms with Gasteiger partial charge in [-0.3, -0.25) is 4.79 Å². The monoisotopic (exact) mass is 241 g/mol. The molecule has 70 valence electrons. The lowest BCUT2D eigenvalue weighted by atomic mass is 10.1. The molecule has 1 rings (SSSR count). The maximum Gasteiger partial charge on any atom is 0.217 e. The maximum atomic E-state index is 10.8. The van der Waals surface area contributed by atoms with Crippen LogP contribution < -0.4 is 5.32 Å². The topological polar surface area (TPSA) is 29.1 Å². The summed E-state index contributed by atoms with van der Waals surface area (Å²) in [5.74, 6) is -0.00424. The predicted molar refractivity (Wildman–Crippen MR) is 56.4 cm³/mol. The van der Waals surface area contributed by atoms with Gasteiger partial charge < -0.3 is 5.32 Å². The molecule has 0 heterocycles. The first-order valence-corrected chi connectivity index (χ1v) is 4.91. The smallest absolute Gasteiger partial charge is 0.217 e. The second-order valence-electron chi connectivity index (χ2n) is 2.97. The van der Waals surface area contributed by atoms with Gasteiger partial charge in [-0.2, -0.15) is 0 Å². The summed E-state index contributed by atoms with van der Waals surface area (Å²) in [6.07, 6.45) is 0. The Kier molecular flexibility index (Phi) is 3.48. The SMILES string of the molecule is CC(=O)N[C@H](C)c1ccc(Br)cc1. The largest absolute Gasteiger partial charge is 0.350 e. The highest BCUT2D eigenvalue weighted by molar-refractivity contribution is 9.10. The van der Waals surface area contributed by atoms with Crippen molar-refractivity contribution in [2.75, 3.05) is 0 Å². The molecule has 2 nitrogen and oxygen atoms in total. The van der Waals surface area contributed by atoms with Crippen LogP contribution in [0.2, 0.25) is 0 Å². The maximum absolute atomic E-state index is 10.8. The molecular formula is C10H12BrNO. The number of amides is 1. The van der Waals surface area contributed by atoms with E-state index in [0.29, 0.717) is 0 Å². The molecule has 0 aliphatic carbocycles. The van der Waals surface area contributed by atoms with Crippen molar-refractivity contribution in [2.24, 2.45) is 0 Å². The number of hydrogen-bond donors (Lipinski definition) is 1. The summed E-state index contributed by atoms with van der Waals surface area (Å²) in [5.41, 5.74) is 1.11. The first kappa shape index (κ1) is 10.3. The van der Waals surface area contributed by atoms with Crippen molar-refractivity contribution >= 4 is 21.8 Å². The number of carbonyl (C=O) groups excluding carboxylic acids is 1. The fraction of sp³-hybridized carbons (Fsp3) is 0.300. The zero-order valence-corrected chi connectivity index (χ0v) is 9.26. The summed E-state index contributed by atoms with van der Waals surface area (Å²) in [6.45, 7) is 3.49. The van der Waals surface area contributed by atoms with Crippen LogP contribution in [-0.4, -0.2) is 5.91 Å². The van der Waals surface area contributed by atoms with Gasteiger partial charge in [-0.05, 0) is 24.6 Å². The molecule has 0 radical (unpaired) electrons. The number of carbonyl (C=O) groups is 1. The molecular weight excluding hydrogens is 230 g/mol. The van der Waals surface area contributed by atoms with E-state index in [1.54, 1.807) is 0 Å². The molecule has 0 fully saturated rings. The summed E-state index contributed by atoms with van der Waals surface area (Å²) < 4.78 is 1.05. The molecule has 0 saturated heterocycles. The molecule has 0 aromatic heterocycles. The van der Waals surface area contributed by atoms with Crippen molar-refractivity contribution in [1.82, 2.24) is 5.32 Å². The Bertz CT molecular complexity index is 294. The molecule has 0 saturated carbocycles. The minimum atomic E-state index is -0.00424. The molecule has 1 aromatic rings. The normalized spacial score (nSPS) is 12.2. The second kappa shape index (κ2) is 4.42. The summed E-state index contributed by atoms with van der Waals surface area (Å²) in [6, 6.07) is 7.99. The summed E-state index contributed by atoms with van der Waals surface area (Å²) in [4.78, 5) is 10.8. The third kappa shape index (κ3) is 3.19. The van der Waals surface area contributed by atoms with E-state index in [-0.39, 0.29) is 11.9 Å². The van der Waals surface area contributed by atoms with Gasteiger partial charge in [0.25, 0.3) is 0 Å². The highest BCUT2D eigenvalue weighted by Gasteiger charge is 2.04. The molecule has 0 aliphatic rings. The minimum absolute atomic E-state index is 0.00424. The standard InChI is InChI=1S/C10H12BrNO/c1-7(12-8(2)13)9-3-5-10(11)6-4-9/h3-7H,1-2H3,(H,12,13)/t7-/m1/s1. The van der Waals surface area contributed by atoms with Gasteiger partial charge in [-0.15, -0.1) is 0 Å². The van der Waals surface area contributed by atoms with Gasteiger partial charge in [0.05, 0.1) is 6.04 Å². The summed E-state index contributed by atoms with van der Waals surface area (Å²) in [5, 5.41) is 2.82. The molecule has 0 spiro atoms. The van der Waals surface area contributed by atoms with E-state index in [2.05, 4.69) is 21.2 Å². The van der Waals surface area contributed by atoms with E-state index < -0.39 is 0 Å². The Hall–Kier alpha value is -0.830. The lowest BCUT2D eigenvalue weighted by molar-refractivity contribution is -0.119. The van der Waals surface area contributed by atoms with Crippen LogP contribution >= 0.6 is 15.9 Å². The van der Waals surface area contributed by atoms with Crippen LogP contribution in [-0.2, 0) is 4.79 Å². The third-order valence-electron chi connectivity index (χ3n) is 1.79. The van der Waals surface area contributed by atoms with Crippen LogP contribution in [0.1, 0.15) is 25.5 Å². The Morgan fingerprint density at radius 3 is 2.38 bits per heavy atom. The molecule has 0 aliphatic heterocycles. The Labute approximate surface area is 86.5 Å². The number of hydrogen-bond acceptors (Lipinski definition) is 1. The van der Waals surface area contributed by atoms with Crippen molar-refractivity contribution in [3.05, 3.63) is 34.3 Å². The van der Waals surface area contributed by atoms with Gasteiger partial charge in [0, 0.05) is 11.4 Å². The van der Waals surface area contributed by atoms with E-state index in [1.807, 2.05) is 31.2 Å². The summed E-state index contributed by atoms with van der Waals surface area (Å²) >= 11 is 3.36. The second-order valence-corrected chi connectivity index (χ2v) is 3.89. The molecule has 1 N–H and O–H groups in total.